The van der Waals surface area contributed by atoms with Gasteiger partial charge in [0.05, 0.1) is 5.56 Å². The van der Waals surface area contributed by atoms with Crippen LogP contribution in [0.1, 0.15) is 43.0 Å². The Bertz CT molecular complexity index is 441. The van der Waals surface area contributed by atoms with E-state index in [0.717, 1.165) is 25.0 Å². The summed E-state index contributed by atoms with van der Waals surface area (Å²) < 4.78 is 13.1. The van der Waals surface area contributed by atoms with Gasteiger partial charge in [0.15, 0.2) is 0 Å². The number of rotatable bonds is 3. The van der Waals surface area contributed by atoms with E-state index in [9.17, 15) is 14.3 Å². The zero-order valence-corrected chi connectivity index (χ0v) is 10.4. The molecule has 4 heteroatoms. The van der Waals surface area contributed by atoms with E-state index in [1.54, 1.807) is 0 Å². The molecule has 0 spiro atoms. The highest BCUT2D eigenvalue weighted by atomic mass is 19.1. The highest BCUT2D eigenvalue weighted by molar-refractivity contribution is 5.96. The molecule has 0 saturated heterocycles. The predicted molar refractivity (Wildman–Crippen MR) is 67.0 cm³/mol. The van der Waals surface area contributed by atoms with E-state index in [2.05, 4.69) is 5.32 Å². The fourth-order valence-corrected chi connectivity index (χ4v) is 2.55. The summed E-state index contributed by atoms with van der Waals surface area (Å²) in [6, 6.07) is 3.45. The van der Waals surface area contributed by atoms with Gasteiger partial charge in [-0.25, -0.2) is 4.39 Å². The Balaban J connectivity index is 2.04. The van der Waals surface area contributed by atoms with E-state index in [1.807, 2.05) is 6.92 Å². The van der Waals surface area contributed by atoms with Crippen molar-refractivity contribution in [3.8, 4) is 5.75 Å². The second-order valence-corrected chi connectivity index (χ2v) is 4.97. The van der Waals surface area contributed by atoms with Crippen LogP contribution in [0.15, 0.2) is 18.2 Å². The minimum absolute atomic E-state index is 0.000142. The van der Waals surface area contributed by atoms with E-state index in [4.69, 9.17) is 0 Å². The summed E-state index contributed by atoms with van der Waals surface area (Å²) in [5, 5.41) is 12.4. The standard InChI is InChI=1S/C14H18FNO2/c1-9(10-4-2-3-5-10)16-14(18)12-8-11(15)6-7-13(12)17/h6-10,17H,2-5H2,1H3,(H,16,18). The molecule has 18 heavy (non-hydrogen) atoms. The lowest BCUT2D eigenvalue weighted by molar-refractivity contribution is 0.0924. The topological polar surface area (TPSA) is 49.3 Å². The van der Waals surface area contributed by atoms with Crippen LogP contribution in [0.3, 0.4) is 0 Å². The van der Waals surface area contributed by atoms with Crippen LogP contribution < -0.4 is 5.32 Å². The van der Waals surface area contributed by atoms with Gasteiger partial charge in [-0.2, -0.15) is 0 Å². The third kappa shape index (κ3) is 2.81. The Morgan fingerprint density at radius 3 is 2.78 bits per heavy atom. The van der Waals surface area contributed by atoms with Crippen molar-refractivity contribution in [3.05, 3.63) is 29.6 Å². The van der Waals surface area contributed by atoms with Crippen LogP contribution in [0.2, 0.25) is 0 Å². The average Bonchev–Trinajstić information content (AvgIpc) is 2.85. The molecule has 1 saturated carbocycles. The summed E-state index contributed by atoms with van der Waals surface area (Å²) in [4.78, 5) is 11.9. The Morgan fingerprint density at radius 2 is 2.11 bits per heavy atom. The van der Waals surface area contributed by atoms with E-state index in [1.165, 1.54) is 18.9 Å². The van der Waals surface area contributed by atoms with Crippen molar-refractivity contribution in [2.75, 3.05) is 0 Å². The Labute approximate surface area is 106 Å². The van der Waals surface area contributed by atoms with Gasteiger partial charge < -0.3 is 10.4 Å². The van der Waals surface area contributed by atoms with Gasteiger partial charge in [0.1, 0.15) is 11.6 Å². The van der Waals surface area contributed by atoms with E-state index in [-0.39, 0.29) is 17.4 Å². The summed E-state index contributed by atoms with van der Waals surface area (Å²) in [7, 11) is 0. The maximum absolute atomic E-state index is 13.1. The number of benzene rings is 1. The number of hydrogen-bond donors (Lipinski definition) is 2. The van der Waals surface area contributed by atoms with Gasteiger partial charge in [-0.15, -0.1) is 0 Å². The van der Waals surface area contributed by atoms with Crippen LogP contribution in [0.5, 0.6) is 5.75 Å². The van der Waals surface area contributed by atoms with Crippen molar-refractivity contribution in [3.63, 3.8) is 0 Å². The number of aromatic hydroxyl groups is 1. The molecule has 0 aromatic heterocycles. The number of phenols is 1. The third-order valence-corrected chi connectivity index (χ3v) is 3.67. The van der Waals surface area contributed by atoms with Crippen LogP contribution in [-0.2, 0) is 0 Å². The summed E-state index contributed by atoms with van der Waals surface area (Å²) in [5.41, 5.74) is -0.000142. The smallest absolute Gasteiger partial charge is 0.255 e. The normalized spacial score (nSPS) is 17.7. The van der Waals surface area contributed by atoms with E-state index >= 15 is 0 Å². The summed E-state index contributed by atoms with van der Waals surface area (Å²) >= 11 is 0. The van der Waals surface area contributed by atoms with Crippen LogP contribution in [0.4, 0.5) is 4.39 Å². The molecule has 1 fully saturated rings. The first kappa shape index (κ1) is 12.9. The molecule has 3 nitrogen and oxygen atoms in total. The maximum Gasteiger partial charge on any atom is 0.255 e. The molecular formula is C14H18FNO2. The third-order valence-electron chi connectivity index (χ3n) is 3.67. The Hall–Kier alpha value is -1.58. The second-order valence-electron chi connectivity index (χ2n) is 4.97. The lowest BCUT2D eigenvalue weighted by Crippen LogP contribution is -2.37. The molecule has 0 bridgehead atoms. The van der Waals surface area contributed by atoms with Crippen LogP contribution in [0, 0.1) is 11.7 Å². The molecule has 2 rings (SSSR count). The number of halogens is 1. The van der Waals surface area contributed by atoms with Crippen molar-refractivity contribution in [1.29, 1.82) is 0 Å². The molecule has 1 aliphatic carbocycles. The van der Waals surface area contributed by atoms with E-state index < -0.39 is 11.7 Å². The molecule has 1 atom stereocenters. The van der Waals surface area contributed by atoms with Crippen molar-refractivity contribution in [2.24, 2.45) is 5.92 Å². The first-order valence-electron chi connectivity index (χ1n) is 6.37. The molecular weight excluding hydrogens is 233 g/mol. The molecule has 98 valence electrons. The molecule has 1 aromatic rings. The minimum Gasteiger partial charge on any atom is -0.507 e. The lowest BCUT2D eigenvalue weighted by atomic mass is 9.99. The lowest BCUT2D eigenvalue weighted by Gasteiger charge is -2.20. The highest BCUT2D eigenvalue weighted by Gasteiger charge is 2.24. The number of phenolic OH excluding ortho intramolecular Hbond substituents is 1. The SMILES string of the molecule is CC(NC(=O)c1cc(F)ccc1O)C1CCCC1. The first-order chi connectivity index (χ1) is 8.58. The number of amides is 1. The van der Waals surface area contributed by atoms with Crippen LogP contribution in [-0.4, -0.2) is 17.1 Å². The fourth-order valence-electron chi connectivity index (χ4n) is 2.55. The quantitative estimate of drug-likeness (QED) is 0.867. The van der Waals surface area contributed by atoms with Gasteiger partial charge in [-0.3, -0.25) is 4.79 Å². The van der Waals surface area contributed by atoms with E-state index in [0.29, 0.717) is 5.92 Å². The first-order valence-corrected chi connectivity index (χ1v) is 6.37. The molecule has 2 N–H and O–H groups in total. The Morgan fingerprint density at radius 1 is 1.44 bits per heavy atom. The molecule has 0 radical (unpaired) electrons. The fraction of sp³-hybridized carbons (Fsp3) is 0.500. The van der Waals surface area contributed by atoms with Gasteiger partial charge in [0.2, 0.25) is 0 Å². The van der Waals surface area contributed by atoms with Crippen LogP contribution >= 0.6 is 0 Å². The summed E-state index contributed by atoms with van der Waals surface area (Å²) in [5.74, 6) is -0.630. The second kappa shape index (κ2) is 5.38. The zero-order chi connectivity index (χ0) is 13.1. The molecule has 1 unspecified atom stereocenters. The zero-order valence-electron chi connectivity index (χ0n) is 10.4. The Kier molecular flexibility index (Phi) is 3.84. The maximum atomic E-state index is 13.1. The summed E-state index contributed by atoms with van der Waals surface area (Å²) in [6.07, 6.45) is 4.65. The van der Waals surface area contributed by atoms with Gasteiger partial charge >= 0.3 is 0 Å². The van der Waals surface area contributed by atoms with Gasteiger partial charge in [-0.1, -0.05) is 12.8 Å². The van der Waals surface area contributed by atoms with Crippen LogP contribution in [0.25, 0.3) is 0 Å². The predicted octanol–water partition coefficient (Wildman–Crippen LogP) is 2.84. The van der Waals surface area contributed by atoms with Crippen molar-refractivity contribution < 1.29 is 14.3 Å². The molecule has 0 aliphatic heterocycles. The van der Waals surface area contributed by atoms with Crippen molar-refractivity contribution in [1.82, 2.24) is 5.32 Å². The number of nitrogens with one attached hydrogen (secondary N) is 1. The molecule has 1 aliphatic rings. The average molecular weight is 251 g/mol. The minimum atomic E-state index is -0.522. The van der Waals surface area contributed by atoms with Crippen molar-refractivity contribution in [2.45, 2.75) is 38.6 Å². The van der Waals surface area contributed by atoms with Gasteiger partial charge in [0, 0.05) is 6.04 Å². The molecule has 1 amide bonds. The largest absolute Gasteiger partial charge is 0.507 e. The van der Waals surface area contributed by atoms with Gasteiger partial charge in [-0.05, 0) is 43.9 Å². The highest BCUT2D eigenvalue weighted by Crippen LogP contribution is 2.28. The van der Waals surface area contributed by atoms with Gasteiger partial charge in [0.25, 0.3) is 5.91 Å². The number of hydrogen-bond acceptors (Lipinski definition) is 2. The number of carbonyl (C=O) groups is 1. The van der Waals surface area contributed by atoms with Crippen molar-refractivity contribution >= 4 is 5.91 Å². The summed E-state index contributed by atoms with van der Waals surface area (Å²) in [6.45, 7) is 1.96. The molecule has 0 heterocycles. The monoisotopic (exact) mass is 251 g/mol. The molecule has 1 aromatic carbocycles. The number of carbonyl (C=O) groups excluding carboxylic acids is 1.